The molecule has 2 aromatic carbocycles. The third-order valence-corrected chi connectivity index (χ3v) is 3.77. The molecule has 2 rings (SSSR count). The van der Waals surface area contributed by atoms with E-state index in [9.17, 15) is 13.2 Å². The molecule has 0 aromatic heterocycles. The van der Waals surface area contributed by atoms with Gasteiger partial charge in [-0.2, -0.15) is 13.2 Å². The highest BCUT2D eigenvalue weighted by Gasteiger charge is 2.30. The third-order valence-electron chi connectivity index (χ3n) is 2.63. The lowest BCUT2D eigenvalue weighted by molar-refractivity contribution is -0.137. The van der Waals surface area contributed by atoms with Gasteiger partial charge in [0.2, 0.25) is 0 Å². The summed E-state index contributed by atoms with van der Waals surface area (Å²) in [6.45, 7) is 0. The lowest BCUT2D eigenvalue weighted by Gasteiger charge is -2.12. The highest BCUT2D eigenvalue weighted by atomic mass is 32.2. The van der Waals surface area contributed by atoms with Crippen LogP contribution in [0.15, 0.2) is 52.3 Å². The first-order valence-electron chi connectivity index (χ1n) is 5.69. The van der Waals surface area contributed by atoms with Crippen molar-refractivity contribution in [3.63, 3.8) is 0 Å². The molecule has 0 aliphatic heterocycles. The second kappa shape index (κ2) is 5.66. The van der Waals surface area contributed by atoms with Gasteiger partial charge in [-0.3, -0.25) is 0 Å². The number of nitrogens with two attached hydrogens (primary N) is 1. The zero-order chi connectivity index (χ0) is 14.8. The number of nitrogen functional groups attached to an aromatic ring is 1. The first-order chi connectivity index (χ1) is 9.41. The van der Waals surface area contributed by atoms with Crippen LogP contribution in [0.3, 0.4) is 0 Å². The maximum Gasteiger partial charge on any atom is 0.416 e. The van der Waals surface area contributed by atoms with Crippen LogP contribution >= 0.6 is 11.8 Å². The first-order valence-corrected chi connectivity index (χ1v) is 6.51. The standard InChI is InChI=1S/C14H12F3NOS/c1-19-11-4-2-3-5-13(11)20-12-7-6-9(8-10(12)18)14(15,16)17/h2-8H,18H2,1H3. The molecule has 0 amide bonds. The van der Waals surface area contributed by atoms with E-state index in [1.807, 2.05) is 18.2 Å². The fourth-order valence-electron chi connectivity index (χ4n) is 1.64. The van der Waals surface area contributed by atoms with Crippen LogP contribution in [0.2, 0.25) is 0 Å². The molecule has 2 nitrogen and oxygen atoms in total. The average molecular weight is 299 g/mol. The Hall–Kier alpha value is -1.82. The minimum Gasteiger partial charge on any atom is -0.496 e. The van der Waals surface area contributed by atoms with E-state index >= 15 is 0 Å². The molecule has 0 atom stereocenters. The van der Waals surface area contributed by atoms with E-state index in [4.69, 9.17) is 10.5 Å². The number of halogens is 3. The van der Waals surface area contributed by atoms with E-state index in [0.29, 0.717) is 10.6 Å². The van der Waals surface area contributed by atoms with E-state index in [2.05, 4.69) is 0 Å². The molecule has 0 fully saturated rings. The molecule has 2 aromatic rings. The Balaban J connectivity index is 2.31. The smallest absolute Gasteiger partial charge is 0.416 e. The largest absolute Gasteiger partial charge is 0.496 e. The van der Waals surface area contributed by atoms with Crippen LogP contribution in [-0.2, 0) is 6.18 Å². The van der Waals surface area contributed by atoms with Gasteiger partial charge in [0.25, 0.3) is 0 Å². The van der Waals surface area contributed by atoms with Gasteiger partial charge in [-0.25, -0.2) is 0 Å². The van der Waals surface area contributed by atoms with Crippen LogP contribution in [0.25, 0.3) is 0 Å². The lowest BCUT2D eigenvalue weighted by atomic mass is 10.2. The summed E-state index contributed by atoms with van der Waals surface area (Å²) in [4.78, 5) is 1.35. The van der Waals surface area contributed by atoms with Crippen molar-refractivity contribution in [1.82, 2.24) is 0 Å². The number of hydrogen-bond donors (Lipinski definition) is 1. The van der Waals surface area contributed by atoms with Crippen LogP contribution in [0.5, 0.6) is 5.75 Å². The number of alkyl halides is 3. The van der Waals surface area contributed by atoms with Crippen LogP contribution in [0, 0.1) is 0 Å². The molecular weight excluding hydrogens is 287 g/mol. The van der Waals surface area contributed by atoms with Gasteiger partial charge in [0.15, 0.2) is 0 Å². The Labute approximate surface area is 118 Å². The fourth-order valence-corrected chi connectivity index (χ4v) is 2.59. The molecule has 2 N–H and O–H groups in total. The molecule has 0 radical (unpaired) electrons. The molecule has 20 heavy (non-hydrogen) atoms. The number of anilines is 1. The molecule has 106 valence electrons. The van der Waals surface area contributed by atoms with Gasteiger partial charge >= 0.3 is 6.18 Å². The number of para-hydroxylation sites is 1. The van der Waals surface area contributed by atoms with Gasteiger partial charge in [0, 0.05) is 10.6 Å². The molecule has 0 bridgehead atoms. The Bertz CT molecular complexity index is 614. The molecule has 0 unspecified atom stereocenters. The molecule has 0 heterocycles. The summed E-state index contributed by atoms with van der Waals surface area (Å²) in [7, 11) is 1.54. The van der Waals surface area contributed by atoms with Crippen molar-refractivity contribution in [3.8, 4) is 5.75 Å². The second-order valence-corrected chi connectivity index (χ2v) is 5.09. The zero-order valence-corrected chi connectivity index (χ0v) is 11.4. The Kier molecular flexibility index (Phi) is 4.13. The summed E-state index contributed by atoms with van der Waals surface area (Å²) in [5.74, 6) is 0.650. The van der Waals surface area contributed by atoms with Gasteiger partial charge in [-0.05, 0) is 30.3 Å². The van der Waals surface area contributed by atoms with E-state index < -0.39 is 11.7 Å². The van der Waals surface area contributed by atoms with Crippen LogP contribution in [0.1, 0.15) is 5.56 Å². The number of ether oxygens (including phenoxy) is 1. The summed E-state index contributed by atoms with van der Waals surface area (Å²) in [5.41, 5.74) is 5.04. The number of rotatable bonds is 3. The summed E-state index contributed by atoms with van der Waals surface area (Å²) >= 11 is 1.27. The van der Waals surface area contributed by atoms with E-state index in [-0.39, 0.29) is 5.69 Å². The van der Waals surface area contributed by atoms with Crippen molar-refractivity contribution in [3.05, 3.63) is 48.0 Å². The predicted octanol–water partition coefficient (Wildman–Crippen LogP) is 4.45. The second-order valence-electron chi connectivity index (χ2n) is 4.00. The summed E-state index contributed by atoms with van der Waals surface area (Å²) in [6, 6.07) is 10.6. The van der Waals surface area contributed by atoms with Crippen molar-refractivity contribution >= 4 is 17.4 Å². The quantitative estimate of drug-likeness (QED) is 0.851. The van der Waals surface area contributed by atoms with E-state index in [1.54, 1.807) is 6.07 Å². The molecule has 0 spiro atoms. The maximum atomic E-state index is 12.6. The topological polar surface area (TPSA) is 35.2 Å². The van der Waals surface area contributed by atoms with Crippen molar-refractivity contribution in [1.29, 1.82) is 0 Å². The van der Waals surface area contributed by atoms with Gasteiger partial charge < -0.3 is 10.5 Å². The van der Waals surface area contributed by atoms with Crippen molar-refractivity contribution < 1.29 is 17.9 Å². The van der Waals surface area contributed by atoms with Crippen LogP contribution < -0.4 is 10.5 Å². The van der Waals surface area contributed by atoms with Crippen LogP contribution in [0.4, 0.5) is 18.9 Å². The van der Waals surface area contributed by atoms with Crippen LogP contribution in [-0.4, -0.2) is 7.11 Å². The first kappa shape index (κ1) is 14.6. The zero-order valence-electron chi connectivity index (χ0n) is 10.6. The monoisotopic (exact) mass is 299 g/mol. The molecule has 6 heteroatoms. The maximum absolute atomic E-state index is 12.6. The normalized spacial score (nSPS) is 11.4. The van der Waals surface area contributed by atoms with Crippen molar-refractivity contribution in [2.45, 2.75) is 16.0 Å². The summed E-state index contributed by atoms with van der Waals surface area (Å²) in [6.07, 6.45) is -4.39. The number of hydrogen-bond acceptors (Lipinski definition) is 3. The summed E-state index contributed by atoms with van der Waals surface area (Å²) < 4.78 is 42.9. The van der Waals surface area contributed by atoms with E-state index in [0.717, 1.165) is 17.0 Å². The predicted molar refractivity (Wildman–Crippen MR) is 73.0 cm³/mol. The van der Waals surface area contributed by atoms with Gasteiger partial charge in [-0.15, -0.1) is 0 Å². The van der Waals surface area contributed by atoms with Crippen molar-refractivity contribution in [2.75, 3.05) is 12.8 Å². The highest BCUT2D eigenvalue weighted by molar-refractivity contribution is 7.99. The lowest BCUT2D eigenvalue weighted by Crippen LogP contribution is -2.05. The van der Waals surface area contributed by atoms with Crippen molar-refractivity contribution in [2.24, 2.45) is 0 Å². The molecular formula is C14H12F3NOS. The Morgan fingerprint density at radius 3 is 2.35 bits per heavy atom. The SMILES string of the molecule is COc1ccccc1Sc1ccc(C(F)(F)F)cc1N. The highest BCUT2D eigenvalue weighted by Crippen LogP contribution is 2.39. The molecule has 0 aliphatic rings. The van der Waals surface area contributed by atoms with Gasteiger partial charge in [0.1, 0.15) is 5.75 Å². The minimum absolute atomic E-state index is 0.0933. The summed E-state index contributed by atoms with van der Waals surface area (Å²) in [5, 5.41) is 0. The fraction of sp³-hybridized carbons (Fsp3) is 0.143. The number of methoxy groups -OCH3 is 1. The minimum atomic E-state index is -4.39. The molecule has 0 aliphatic carbocycles. The average Bonchev–Trinajstić information content (AvgIpc) is 2.40. The molecule has 0 saturated carbocycles. The van der Waals surface area contributed by atoms with Gasteiger partial charge in [-0.1, -0.05) is 23.9 Å². The van der Waals surface area contributed by atoms with Gasteiger partial charge in [0.05, 0.1) is 17.6 Å². The molecule has 0 saturated heterocycles. The Morgan fingerprint density at radius 2 is 1.75 bits per heavy atom. The third kappa shape index (κ3) is 3.19. The number of benzene rings is 2. The Morgan fingerprint density at radius 1 is 1.05 bits per heavy atom. The van der Waals surface area contributed by atoms with E-state index in [1.165, 1.54) is 24.9 Å².